The molecule has 0 fully saturated rings. The van der Waals surface area contributed by atoms with Crippen LogP contribution < -0.4 is 16.8 Å². The predicted octanol–water partition coefficient (Wildman–Crippen LogP) is 1.31. The average Bonchev–Trinajstić information content (AvgIpc) is 2.41. The average molecular weight is 302 g/mol. The van der Waals surface area contributed by atoms with Crippen molar-refractivity contribution < 1.29 is 9.90 Å². The minimum absolute atomic E-state index is 0.109. The third kappa shape index (κ3) is 9.66. The Hall–Kier alpha value is -0.850. The molecule has 0 aliphatic rings. The molecule has 1 amide bonds. The fourth-order valence-corrected chi connectivity index (χ4v) is 1.88. The fourth-order valence-electron chi connectivity index (χ4n) is 1.88. The van der Waals surface area contributed by atoms with Gasteiger partial charge >= 0.3 is 6.09 Å². The summed E-state index contributed by atoms with van der Waals surface area (Å²) in [6, 6.07) is 0. The molecule has 0 aromatic rings. The largest absolute Gasteiger partial charge is 0.465 e. The summed E-state index contributed by atoms with van der Waals surface area (Å²) >= 11 is 0. The number of nitrogens with zero attached hydrogens (tertiary/aromatic N) is 1. The molecule has 0 aromatic heterocycles. The molecule has 0 aromatic carbocycles. The Kier molecular flexibility index (Phi) is 8.85. The molecular formula is C15H34N4O2. The molecule has 126 valence electrons. The number of unbranched alkanes of at least 4 members (excludes halogenated alkanes) is 1. The van der Waals surface area contributed by atoms with Crippen LogP contribution >= 0.6 is 0 Å². The van der Waals surface area contributed by atoms with E-state index in [1.807, 2.05) is 13.8 Å². The number of nitrogens with two attached hydrogens (primary N) is 2. The molecule has 0 heterocycles. The molecule has 0 rings (SSSR count). The van der Waals surface area contributed by atoms with E-state index in [1.54, 1.807) is 0 Å². The summed E-state index contributed by atoms with van der Waals surface area (Å²) in [6.07, 6.45) is 0.935. The monoisotopic (exact) mass is 302 g/mol. The first-order valence-electron chi connectivity index (χ1n) is 7.72. The molecule has 21 heavy (non-hydrogen) atoms. The van der Waals surface area contributed by atoms with Gasteiger partial charge in [-0.3, -0.25) is 0 Å². The summed E-state index contributed by atoms with van der Waals surface area (Å²) in [5.41, 5.74) is 11.3. The number of carboxylic acid groups (broad SMARTS) is 1. The lowest BCUT2D eigenvalue weighted by Gasteiger charge is -2.30. The molecular weight excluding hydrogens is 268 g/mol. The Labute approximate surface area is 129 Å². The zero-order chi connectivity index (χ0) is 16.5. The van der Waals surface area contributed by atoms with Gasteiger partial charge in [0.2, 0.25) is 0 Å². The van der Waals surface area contributed by atoms with Crippen LogP contribution in [-0.4, -0.2) is 55.4 Å². The van der Waals surface area contributed by atoms with E-state index in [9.17, 15) is 9.90 Å². The topological polar surface area (TPSA) is 105 Å². The SMILES string of the molecule is CC(C)(CN)CNCCCCN(CC(C)(C)CN)C(=O)O. The Balaban J connectivity index is 3.93. The van der Waals surface area contributed by atoms with Gasteiger partial charge in [-0.1, -0.05) is 27.7 Å². The highest BCUT2D eigenvalue weighted by Crippen LogP contribution is 2.15. The van der Waals surface area contributed by atoms with Crippen LogP contribution in [0.3, 0.4) is 0 Å². The molecule has 0 unspecified atom stereocenters. The van der Waals surface area contributed by atoms with Crippen molar-refractivity contribution in [3.05, 3.63) is 0 Å². The molecule has 0 bridgehead atoms. The molecule has 0 saturated heterocycles. The van der Waals surface area contributed by atoms with Crippen molar-refractivity contribution in [2.45, 2.75) is 40.5 Å². The van der Waals surface area contributed by atoms with Crippen LogP contribution in [0, 0.1) is 10.8 Å². The maximum absolute atomic E-state index is 11.2. The van der Waals surface area contributed by atoms with E-state index in [0.717, 1.165) is 25.9 Å². The van der Waals surface area contributed by atoms with Crippen LogP contribution in [0.4, 0.5) is 4.79 Å². The number of rotatable bonds is 11. The first-order valence-corrected chi connectivity index (χ1v) is 7.72. The van der Waals surface area contributed by atoms with Crippen molar-refractivity contribution in [1.29, 1.82) is 0 Å². The molecule has 0 saturated carbocycles. The van der Waals surface area contributed by atoms with E-state index < -0.39 is 6.09 Å². The second-order valence-corrected chi connectivity index (χ2v) is 7.32. The van der Waals surface area contributed by atoms with E-state index in [1.165, 1.54) is 4.90 Å². The third-order valence-corrected chi connectivity index (χ3v) is 3.63. The van der Waals surface area contributed by atoms with E-state index in [-0.39, 0.29) is 10.8 Å². The number of hydrogen-bond acceptors (Lipinski definition) is 4. The van der Waals surface area contributed by atoms with Crippen LogP contribution in [0.2, 0.25) is 0 Å². The molecule has 0 radical (unpaired) electrons. The maximum Gasteiger partial charge on any atom is 0.407 e. The summed E-state index contributed by atoms with van der Waals surface area (Å²) in [5.74, 6) is 0. The minimum Gasteiger partial charge on any atom is -0.465 e. The van der Waals surface area contributed by atoms with E-state index in [4.69, 9.17) is 11.5 Å². The summed E-state index contributed by atoms with van der Waals surface area (Å²) in [7, 11) is 0. The fraction of sp³-hybridized carbons (Fsp3) is 0.933. The van der Waals surface area contributed by atoms with E-state index in [0.29, 0.717) is 26.2 Å². The lowest BCUT2D eigenvalue weighted by Crippen LogP contribution is -2.42. The van der Waals surface area contributed by atoms with Gasteiger partial charge in [0.05, 0.1) is 0 Å². The Morgan fingerprint density at radius 2 is 1.67 bits per heavy atom. The molecule has 6 heteroatoms. The highest BCUT2D eigenvalue weighted by atomic mass is 16.4. The second kappa shape index (κ2) is 9.23. The predicted molar refractivity (Wildman–Crippen MR) is 87.4 cm³/mol. The van der Waals surface area contributed by atoms with Crippen LogP contribution in [0.25, 0.3) is 0 Å². The number of carbonyl (C=O) groups is 1. The van der Waals surface area contributed by atoms with Crippen molar-refractivity contribution in [2.24, 2.45) is 22.3 Å². The normalized spacial score (nSPS) is 12.5. The van der Waals surface area contributed by atoms with Crippen molar-refractivity contribution in [3.63, 3.8) is 0 Å². The van der Waals surface area contributed by atoms with Crippen molar-refractivity contribution in [1.82, 2.24) is 10.2 Å². The van der Waals surface area contributed by atoms with Gasteiger partial charge in [-0.25, -0.2) is 4.79 Å². The van der Waals surface area contributed by atoms with E-state index >= 15 is 0 Å². The van der Waals surface area contributed by atoms with Crippen LogP contribution in [0.1, 0.15) is 40.5 Å². The highest BCUT2D eigenvalue weighted by Gasteiger charge is 2.23. The molecule has 6 N–H and O–H groups in total. The summed E-state index contributed by atoms with van der Waals surface area (Å²) in [6.45, 7) is 12.2. The molecule has 6 nitrogen and oxygen atoms in total. The van der Waals surface area contributed by atoms with Gasteiger partial charge in [0.1, 0.15) is 0 Å². The van der Waals surface area contributed by atoms with Crippen LogP contribution in [0.5, 0.6) is 0 Å². The first kappa shape index (κ1) is 20.1. The van der Waals surface area contributed by atoms with Crippen molar-refractivity contribution in [2.75, 3.05) is 39.3 Å². The van der Waals surface area contributed by atoms with Gasteiger partial charge < -0.3 is 26.8 Å². The Morgan fingerprint density at radius 3 is 2.14 bits per heavy atom. The Morgan fingerprint density at radius 1 is 1.10 bits per heavy atom. The van der Waals surface area contributed by atoms with Crippen LogP contribution in [0.15, 0.2) is 0 Å². The standard InChI is InChI=1S/C15H34N4O2/c1-14(2,9-16)11-18-7-5-6-8-19(13(20)21)12-15(3,4)10-17/h18H,5-12,16-17H2,1-4H3,(H,20,21). The van der Waals surface area contributed by atoms with Crippen LogP contribution in [-0.2, 0) is 0 Å². The zero-order valence-electron chi connectivity index (χ0n) is 14.1. The number of amides is 1. The second-order valence-electron chi connectivity index (χ2n) is 7.32. The smallest absolute Gasteiger partial charge is 0.407 e. The summed E-state index contributed by atoms with van der Waals surface area (Å²) < 4.78 is 0. The minimum atomic E-state index is -0.867. The van der Waals surface area contributed by atoms with E-state index in [2.05, 4.69) is 19.2 Å². The number of hydrogen-bond donors (Lipinski definition) is 4. The van der Waals surface area contributed by atoms with Crippen molar-refractivity contribution >= 4 is 6.09 Å². The maximum atomic E-state index is 11.2. The van der Waals surface area contributed by atoms with Gasteiger partial charge in [-0.15, -0.1) is 0 Å². The number of nitrogens with one attached hydrogen (secondary N) is 1. The van der Waals surface area contributed by atoms with Gasteiger partial charge in [0.25, 0.3) is 0 Å². The zero-order valence-corrected chi connectivity index (χ0v) is 14.1. The van der Waals surface area contributed by atoms with Crippen molar-refractivity contribution in [3.8, 4) is 0 Å². The molecule has 0 aliphatic heterocycles. The molecule has 0 spiro atoms. The first-order chi connectivity index (χ1) is 9.63. The van der Waals surface area contributed by atoms with Gasteiger partial charge in [0.15, 0.2) is 0 Å². The molecule has 0 atom stereocenters. The quantitative estimate of drug-likeness (QED) is 0.431. The third-order valence-electron chi connectivity index (χ3n) is 3.63. The lowest BCUT2D eigenvalue weighted by molar-refractivity contribution is 0.123. The van der Waals surface area contributed by atoms with Gasteiger partial charge in [-0.05, 0) is 43.3 Å². The summed E-state index contributed by atoms with van der Waals surface area (Å²) in [5, 5.41) is 12.6. The molecule has 0 aliphatic carbocycles. The lowest BCUT2D eigenvalue weighted by atomic mass is 9.93. The summed E-state index contributed by atoms with van der Waals surface area (Å²) in [4.78, 5) is 12.7. The van der Waals surface area contributed by atoms with Gasteiger partial charge in [0, 0.05) is 19.6 Å². The van der Waals surface area contributed by atoms with Gasteiger partial charge in [-0.2, -0.15) is 0 Å². The Bertz CT molecular complexity index is 306. The highest BCUT2D eigenvalue weighted by molar-refractivity contribution is 5.64.